The highest BCUT2D eigenvalue weighted by Gasteiger charge is 2.21. The van der Waals surface area contributed by atoms with Gasteiger partial charge in [-0.15, -0.1) is 0 Å². The van der Waals surface area contributed by atoms with E-state index < -0.39 is 5.41 Å². The quantitative estimate of drug-likeness (QED) is 0.657. The molecule has 0 aliphatic carbocycles. The molecule has 2 aromatic rings. The highest BCUT2D eigenvalue weighted by atomic mass is 32.1. The molecule has 148 valence electrons. The van der Waals surface area contributed by atoms with Gasteiger partial charge in [-0.2, -0.15) is 0 Å². The van der Waals surface area contributed by atoms with Crippen molar-refractivity contribution in [1.29, 1.82) is 0 Å². The number of amides is 2. The predicted octanol–water partition coefficient (Wildman–Crippen LogP) is 4.20. The summed E-state index contributed by atoms with van der Waals surface area (Å²) in [6.07, 6.45) is 0. The third kappa shape index (κ3) is 6.35. The molecule has 0 aromatic heterocycles. The fourth-order valence-electron chi connectivity index (χ4n) is 2.22. The minimum absolute atomic E-state index is 0.0882. The van der Waals surface area contributed by atoms with Crippen LogP contribution in [0, 0.1) is 5.41 Å². The van der Waals surface area contributed by atoms with Crippen molar-refractivity contribution >= 4 is 40.5 Å². The average molecular weight is 400 g/mol. The number of hydrogen-bond acceptors (Lipinski definition) is 4. The van der Waals surface area contributed by atoms with E-state index in [-0.39, 0.29) is 16.9 Å². The van der Waals surface area contributed by atoms with Gasteiger partial charge in [0.1, 0.15) is 5.75 Å². The number of thiocarbonyl (C=S) groups is 1. The Morgan fingerprint density at radius 2 is 1.64 bits per heavy atom. The number of benzene rings is 2. The van der Waals surface area contributed by atoms with Gasteiger partial charge in [0.25, 0.3) is 5.91 Å². The topological polar surface area (TPSA) is 79.5 Å². The number of anilines is 2. The van der Waals surface area contributed by atoms with Gasteiger partial charge in [-0.25, -0.2) is 0 Å². The Bertz CT molecular complexity index is 875. The van der Waals surface area contributed by atoms with E-state index in [0.717, 1.165) is 0 Å². The Morgan fingerprint density at radius 1 is 1.00 bits per heavy atom. The minimum Gasteiger partial charge on any atom is -0.494 e. The molecule has 6 nitrogen and oxygen atoms in total. The van der Waals surface area contributed by atoms with Gasteiger partial charge in [-0.1, -0.05) is 32.9 Å². The van der Waals surface area contributed by atoms with Crippen LogP contribution in [0.2, 0.25) is 0 Å². The molecule has 0 bridgehead atoms. The summed E-state index contributed by atoms with van der Waals surface area (Å²) in [5.74, 6) is 0.197. The molecule has 0 saturated carbocycles. The summed E-state index contributed by atoms with van der Waals surface area (Å²) in [5, 5.41) is 8.60. The summed E-state index contributed by atoms with van der Waals surface area (Å²) in [6, 6.07) is 14.0. The first kappa shape index (κ1) is 21.4. The SMILES string of the molecule is CCOc1cccc(C(=O)NC(=S)Nc2cccc(NC(=O)C(C)(C)C)c2)c1. The molecule has 0 aliphatic heterocycles. The summed E-state index contributed by atoms with van der Waals surface area (Å²) < 4.78 is 5.40. The lowest BCUT2D eigenvalue weighted by molar-refractivity contribution is -0.123. The van der Waals surface area contributed by atoms with Crippen molar-refractivity contribution < 1.29 is 14.3 Å². The zero-order chi connectivity index (χ0) is 20.7. The molecule has 2 rings (SSSR count). The summed E-state index contributed by atoms with van der Waals surface area (Å²) >= 11 is 5.23. The second-order valence-corrected chi connectivity index (χ2v) is 7.56. The lowest BCUT2D eigenvalue weighted by Crippen LogP contribution is -2.34. The Labute approximate surface area is 170 Å². The molecule has 0 atom stereocenters. The van der Waals surface area contributed by atoms with Crippen LogP contribution in [0.3, 0.4) is 0 Å². The van der Waals surface area contributed by atoms with Crippen molar-refractivity contribution in [2.45, 2.75) is 27.7 Å². The van der Waals surface area contributed by atoms with Crippen LogP contribution in [0.1, 0.15) is 38.1 Å². The molecule has 0 saturated heterocycles. The molecule has 7 heteroatoms. The summed E-state index contributed by atoms with van der Waals surface area (Å²) in [6.45, 7) is 7.93. The molecule has 0 fully saturated rings. The maximum atomic E-state index is 12.4. The van der Waals surface area contributed by atoms with E-state index in [9.17, 15) is 9.59 Å². The van der Waals surface area contributed by atoms with Gasteiger partial charge in [0.15, 0.2) is 5.11 Å². The number of carbonyl (C=O) groups is 2. The van der Waals surface area contributed by atoms with Gasteiger partial charge >= 0.3 is 0 Å². The number of ether oxygens (including phenoxy) is 1. The number of hydrogen-bond donors (Lipinski definition) is 3. The van der Waals surface area contributed by atoms with E-state index >= 15 is 0 Å². The summed E-state index contributed by atoms with van der Waals surface area (Å²) in [5.41, 5.74) is 1.24. The van der Waals surface area contributed by atoms with E-state index in [1.807, 2.05) is 27.7 Å². The molecule has 2 aromatic carbocycles. The fourth-order valence-corrected chi connectivity index (χ4v) is 2.44. The van der Waals surface area contributed by atoms with Crippen molar-refractivity contribution in [3.8, 4) is 5.75 Å². The van der Waals surface area contributed by atoms with E-state index in [1.165, 1.54) is 0 Å². The standard InChI is InChI=1S/C21H25N3O3S/c1-5-27-17-11-6-8-14(12-17)18(25)24-20(28)23-16-10-7-9-15(13-16)22-19(26)21(2,3)4/h6-13H,5H2,1-4H3,(H,22,26)(H2,23,24,25,28). The van der Waals surface area contributed by atoms with Gasteiger partial charge in [-0.3, -0.25) is 14.9 Å². The molecule has 0 aliphatic rings. The lowest BCUT2D eigenvalue weighted by atomic mass is 9.95. The van der Waals surface area contributed by atoms with Crippen molar-refractivity contribution in [2.24, 2.45) is 5.41 Å². The Kier molecular flexibility index (Phi) is 7.12. The first-order valence-electron chi connectivity index (χ1n) is 8.96. The molecule has 2 amide bonds. The Hall–Kier alpha value is -2.93. The predicted molar refractivity (Wildman–Crippen MR) is 116 cm³/mol. The number of rotatable bonds is 5. The highest BCUT2D eigenvalue weighted by Crippen LogP contribution is 2.20. The van der Waals surface area contributed by atoms with Gasteiger partial charge in [0.2, 0.25) is 5.91 Å². The third-order valence-corrected chi connectivity index (χ3v) is 3.90. The van der Waals surface area contributed by atoms with Gasteiger partial charge in [0.05, 0.1) is 6.61 Å². The first-order chi connectivity index (χ1) is 13.2. The van der Waals surface area contributed by atoms with E-state index in [4.69, 9.17) is 17.0 Å². The fraction of sp³-hybridized carbons (Fsp3) is 0.286. The van der Waals surface area contributed by atoms with Crippen molar-refractivity contribution in [3.05, 3.63) is 54.1 Å². The normalized spacial score (nSPS) is 10.7. The molecular formula is C21H25N3O3S. The van der Waals surface area contributed by atoms with Crippen LogP contribution in [-0.4, -0.2) is 23.5 Å². The molecule has 0 radical (unpaired) electrons. The van der Waals surface area contributed by atoms with Crippen LogP contribution in [0.5, 0.6) is 5.75 Å². The summed E-state index contributed by atoms with van der Waals surface area (Å²) in [4.78, 5) is 24.5. The molecule has 3 N–H and O–H groups in total. The first-order valence-corrected chi connectivity index (χ1v) is 9.36. The maximum absolute atomic E-state index is 12.4. The molecule has 28 heavy (non-hydrogen) atoms. The molecule has 0 heterocycles. The Morgan fingerprint density at radius 3 is 2.29 bits per heavy atom. The Balaban J connectivity index is 1.99. The van der Waals surface area contributed by atoms with Crippen LogP contribution < -0.4 is 20.7 Å². The summed E-state index contributed by atoms with van der Waals surface area (Å²) in [7, 11) is 0. The smallest absolute Gasteiger partial charge is 0.257 e. The van der Waals surface area contributed by atoms with Crippen molar-refractivity contribution in [1.82, 2.24) is 5.32 Å². The zero-order valence-corrected chi connectivity index (χ0v) is 17.3. The van der Waals surface area contributed by atoms with Crippen LogP contribution in [0.15, 0.2) is 48.5 Å². The average Bonchev–Trinajstić information content (AvgIpc) is 2.61. The monoisotopic (exact) mass is 399 g/mol. The van der Waals surface area contributed by atoms with E-state index in [0.29, 0.717) is 29.3 Å². The number of nitrogens with one attached hydrogen (secondary N) is 3. The van der Waals surface area contributed by atoms with E-state index in [1.54, 1.807) is 48.5 Å². The van der Waals surface area contributed by atoms with Crippen LogP contribution in [0.4, 0.5) is 11.4 Å². The second-order valence-electron chi connectivity index (χ2n) is 7.15. The lowest BCUT2D eigenvalue weighted by Gasteiger charge is -2.18. The molecular weight excluding hydrogens is 374 g/mol. The van der Waals surface area contributed by atoms with Crippen LogP contribution in [0.25, 0.3) is 0 Å². The van der Waals surface area contributed by atoms with Crippen molar-refractivity contribution in [3.63, 3.8) is 0 Å². The van der Waals surface area contributed by atoms with E-state index in [2.05, 4.69) is 16.0 Å². The largest absolute Gasteiger partial charge is 0.494 e. The number of carbonyl (C=O) groups excluding carboxylic acids is 2. The van der Waals surface area contributed by atoms with Crippen LogP contribution in [-0.2, 0) is 4.79 Å². The molecule has 0 unspecified atom stereocenters. The second kappa shape index (κ2) is 9.32. The van der Waals surface area contributed by atoms with Gasteiger partial charge < -0.3 is 15.4 Å². The maximum Gasteiger partial charge on any atom is 0.257 e. The third-order valence-electron chi connectivity index (χ3n) is 3.69. The highest BCUT2D eigenvalue weighted by molar-refractivity contribution is 7.80. The molecule has 0 spiro atoms. The zero-order valence-electron chi connectivity index (χ0n) is 16.5. The van der Waals surface area contributed by atoms with Gasteiger partial charge in [0, 0.05) is 22.4 Å². The van der Waals surface area contributed by atoms with Crippen LogP contribution >= 0.6 is 12.2 Å². The van der Waals surface area contributed by atoms with Crippen molar-refractivity contribution in [2.75, 3.05) is 17.2 Å². The minimum atomic E-state index is -0.497. The van der Waals surface area contributed by atoms with Gasteiger partial charge in [-0.05, 0) is 55.5 Å².